The fourth-order valence-electron chi connectivity index (χ4n) is 2.84. The Bertz CT molecular complexity index is 496. The second-order valence-corrected chi connectivity index (χ2v) is 5.73. The number of carbonyl (C=O) groups excluding carboxylic acids is 1. The lowest BCUT2D eigenvalue weighted by molar-refractivity contribution is -0.149. The van der Waals surface area contributed by atoms with Crippen LogP contribution in [0.4, 0.5) is 0 Å². The van der Waals surface area contributed by atoms with Gasteiger partial charge in [0.1, 0.15) is 5.54 Å². The van der Waals surface area contributed by atoms with Gasteiger partial charge in [-0.2, -0.15) is 0 Å². The van der Waals surface area contributed by atoms with Gasteiger partial charge in [-0.3, -0.25) is 4.79 Å². The van der Waals surface area contributed by atoms with Gasteiger partial charge in [-0.25, -0.2) is 4.79 Å². The van der Waals surface area contributed by atoms with Crippen LogP contribution >= 0.6 is 0 Å². The minimum atomic E-state index is -1.14. The van der Waals surface area contributed by atoms with Gasteiger partial charge in [0, 0.05) is 0 Å². The molecule has 1 amide bonds. The molecule has 0 spiro atoms. The van der Waals surface area contributed by atoms with E-state index in [-0.39, 0.29) is 5.91 Å². The molecule has 21 heavy (non-hydrogen) atoms. The van der Waals surface area contributed by atoms with E-state index >= 15 is 0 Å². The van der Waals surface area contributed by atoms with E-state index < -0.39 is 17.6 Å². The van der Waals surface area contributed by atoms with Crippen LogP contribution in [0.5, 0.6) is 0 Å². The Hall–Kier alpha value is -1.88. The van der Waals surface area contributed by atoms with E-state index in [2.05, 4.69) is 5.32 Å². The zero-order chi connectivity index (χ0) is 15.3. The molecule has 0 bridgehead atoms. The topological polar surface area (TPSA) is 92.4 Å². The van der Waals surface area contributed by atoms with Crippen molar-refractivity contribution < 1.29 is 14.7 Å². The van der Waals surface area contributed by atoms with E-state index in [1.807, 2.05) is 30.3 Å². The Balaban J connectivity index is 2.00. The summed E-state index contributed by atoms with van der Waals surface area (Å²) in [5, 5.41) is 12.1. The van der Waals surface area contributed by atoms with Gasteiger partial charge in [0.15, 0.2) is 0 Å². The maximum Gasteiger partial charge on any atom is 0.329 e. The first-order valence-corrected chi connectivity index (χ1v) is 7.38. The van der Waals surface area contributed by atoms with Crippen LogP contribution in [0.15, 0.2) is 30.3 Å². The molecule has 2 rings (SSSR count). The maximum absolute atomic E-state index is 12.2. The summed E-state index contributed by atoms with van der Waals surface area (Å²) >= 11 is 0. The molecule has 0 aromatic heterocycles. The highest BCUT2D eigenvalue weighted by Gasteiger charge is 2.41. The van der Waals surface area contributed by atoms with Crippen molar-refractivity contribution >= 4 is 11.9 Å². The van der Waals surface area contributed by atoms with E-state index in [0.717, 1.165) is 24.8 Å². The first-order valence-electron chi connectivity index (χ1n) is 7.38. The van der Waals surface area contributed by atoms with Gasteiger partial charge in [-0.15, -0.1) is 0 Å². The van der Waals surface area contributed by atoms with Gasteiger partial charge in [0.05, 0.1) is 6.04 Å². The second kappa shape index (κ2) is 6.72. The predicted octanol–water partition coefficient (Wildman–Crippen LogP) is 1.46. The van der Waals surface area contributed by atoms with Crippen molar-refractivity contribution in [3.8, 4) is 0 Å². The molecule has 0 unspecified atom stereocenters. The molecule has 4 N–H and O–H groups in total. The molecule has 0 radical (unpaired) electrons. The number of amides is 1. The van der Waals surface area contributed by atoms with Crippen LogP contribution in [0.2, 0.25) is 0 Å². The summed E-state index contributed by atoms with van der Waals surface area (Å²) in [6, 6.07) is 8.75. The smallest absolute Gasteiger partial charge is 0.329 e. The Kier molecular flexibility index (Phi) is 4.96. The molecule has 1 atom stereocenters. The van der Waals surface area contributed by atoms with E-state index in [1.165, 1.54) is 0 Å². The maximum atomic E-state index is 12.2. The van der Waals surface area contributed by atoms with Crippen LogP contribution in [-0.2, 0) is 16.0 Å². The highest BCUT2D eigenvalue weighted by atomic mass is 16.4. The number of nitrogens with two attached hydrogens (primary N) is 1. The van der Waals surface area contributed by atoms with Crippen molar-refractivity contribution in [2.24, 2.45) is 5.73 Å². The third-order valence-corrected chi connectivity index (χ3v) is 4.11. The summed E-state index contributed by atoms with van der Waals surface area (Å²) in [5.74, 6) is -1.34. The minimum Gasteiger partial charge on any atom is -0.480 e. The molecule has 1 aliphatic carbocycles. The molecule has 0 saturated heterocycles. The molecule has 0 aliphatic heterocycles. The molecular formula is C16H22N2O3. The number of aliphatic carboxylic acids is 1. The average molecular weight is 290 g/mol. The van der Waals surface area contributed by atoms with E-state index in [0.29, 0.717) is 19.3 Å². The number of rotatable bonds is 5. The van der Waals surface area contributed by atoms with Crippen molar-refractivity contribution in [3.63, 3.8) is 0 Å². The lowest BCUT2D eigenvalue weighted by Crippen LogP contribution is -2.59. The molecule has 5 heteroatoms. The van der Waals surface area contributed by atoms with Crippen LogP contribution < -0.4 is 11.1 Å². The molecule has 1 saturated carbocycles. The van der Waals surface area contributed by atoms with Crippen molar-refractivity contribution in [2.75, 3.05) is 0 Å². The number of carboxylic acids is 1. The van der Waals surface area contributed by atoms with E-state index in [1.54, 1.807) is 0 Å². The van der Waals surface area contributed by atoms with Crippen LogP contribution in [0.3, 0.4) is 0 Å². The Labute approximate surface area is 124 Å². The van der Waals surface area contributed by atoms with Gasteiger partial charge >= 0.3 is 5.97 Å². The quantitative estimate of drug-likeness (QED) is 0.765. The molecule has 114 valence electrons. The minimum absolute atomic E-state index is 0.386. The highest BCUT2D eigenvalue weighted by Crippen LogP contribution is 2.28. The number of hydrogen-bond donors (Lipinski definition) is 3. The molecule has 0 heterocycles. The normalized spacial score (nSPS) is 18.7. The predicted molar refractivity (Wildman–Crippen MR) is 79.7 cm³/mol. The van der Waals surface area contributed by atoms with Crippen molar-refractivity contribution in [1.29, 1.82) is 0 Å². The van der Waals surface area contributed by atoms with Crippen LogP contribution in [-0.4, -0.2) is 28.6 Å². The number of benzene rings is 1. The number of hydrogen-bond acceptors (Lipinski definition) is 3. The summed E-state index contributed by atoms with van der Waals surface area (Å²) in [4.78, 5) is 23.8. The summed E-state index contributed by atoms with van der Waals surface area (Å²) in [6.45, 7) is 0. The van der Waals surface area contributed by atoms with Crippen LogP contribution in [0, 0.1) is 0 Å². The highest BCUT2D eigenvalue weighted by molar-refractivity contribution is 5.89. The molecule has 5 nitrogen and oxygen atoms in total. The Morgan fingerprint density at radius 1 is 1.19 bits per heavy atom. The number of carbonyl (C=O) groups is 2. The third kappa shape index (κ3) is 3.82. The number of carboxylic acid groups (broad SMARTS) is 1. The lowest BCUT2D eigenvalue weighted by Gasteiger charge is -2.34. The fraction of sp³-hybridized carbons (Fsp3) is 0.500. The summed E-state index contributed by atoms with van der Waals surface area (Å²) in [5.41, 5.74) is 5.75. The Morgan fingerprint density at radius 3 is 2.38 bits per heavy atom. The first kappa shape index (κ1) is 15.5. The van der Waals surface area contributed by atoms with Crippen molar-refractivity contribution in [1.82, 2.24) is 5.32 Å². The van der Waals surface area contributed by atoms with E-state index in [9.17, 15) is 14.7 Å². The van der Waals surface area contributed by atoms with Crippen molar-refractivity contribution in [2.45, 2.75) is 50.1 Å². The van der Waals surface area contributed by atoms with Crippen LogP contribution in [0.1, 0.15) is 37.7 Å². The van der Waals surface area contributed by atoms with E-state index in [4.69, 9.17) is 5.73 Å². The van der Waals surface area contributed by atoms with Gasteiger partial charge in [0.2, 0.25) is 5.91 Å². The third-order valence-electron chi connectivity index (χ3n) is 4.11. The summed E-state index contributed by atoms with van der Waals surface area (Å²) < 4.78 is 0. The molecule has 1 aliphatic rings. The molecule has 1 aromatic rings. The van der Waals surface area contributed by atoms with Crippen LogP contribution in [0.25, 0.3) is 0 Å². The standard InChI is InChI=1S/C16H22N2O3/c17-13(11-12-7-3-1-4-8-12)14(19)18-16(15(20)21)9-5-2-6-10-16/h1,3-4,7-8,13H,2,5-6,9-11,17H2,(H,18,19)(H,20,21)/t13-/m1/s1. The lowest BCUT2D eigenvalue weighted by atomic mass is 9.81. The van der Waals surface area contributed by atoms with Gasteiger partial charge in [0.25, 0.3) is 0 Å². The van der Waals surface area contributed by atoms with Crippen molar-refractivity contribution in [3.05, 3.63) is 35.9 Å². The van der Waals surface area contributed by atoms with Gasteiger partial charge in [-0.1, -0.05) is 49.6 Å². The molecular weight excluding hydrogens is 268 g/mol. The average Bonchev–Trinajstić information content (AvgIpc) is 2.49. The fourth-order valence-corrected chi connectivity index (χ4v) is 2.84. The zero-order valence-electron chi connectivity index (χ0n) is 12.0. The summed E-state index contributed by atoms with van der Waals surface area (Å²) in [7, 11) is 0. The summed E-state index contributed by atoms with van der Waals surface area (Å²) in [6.07, 6.45) is 4.02. The second-order valence-electron chi connectivity index (χ2n) is 5.73. The Morgan fingerprint density at radius 2 is 1.81 bits per heavy atom. The number of nitrogens with one attached hydrogen (secondary N) is 1. The zero-order valence-corrected chi connectivity index (χ0v) is 12.0. The SMILES string of the molecule is N[C@H](Cc1ccccc1)C(=O)NC1(C(=O)O)CCCCC1. The largest absolute Gasteiger partial charge is 0.480 e. The molecule has 1 aromatic carbocycles. The van der Waals surface area contributed by atoms with Gasteiger partial charge in [-0.05, 0) is 24.8 Å². The monoisotopic (exact) mass is 290 g/mol. The molecule has 1 fully saturated rings. The van der Waals surface area contributed by atoms with Gasteiger partial charge < -0.3 is 16.2 Å². The first-order chi connectivity index (χ1) is 10.0.